The van der Waals surface area contributed by atoms with Gasteiger partial charge in [0.25, 0.3) is 11.8 Å². The number of aromatic nitrogens is 2. The zero-order valence-electron chi connectivity index (χ0n) is 12.4. The van der Waals surface area contributed by atoms with Crippen LogP contribution >= 0.6 is 0 Å². The molecule has 118 valence electrons. The van der Waals surface area contributed by atoms with Crippen molar-refractivity contribution in [3.05, 3.63) is 53.6 Å². The SMILES string of the molecule is O[C@H]1CCCc2c(OCc3nnc(-c4ccco4)o3)cccc21. The van der Waals surface area contributed by atoms with Crippen molar-refractivity contribution >= 4 is 0 Å². The Morgan fingerprint density at radius 1 is 1.22 bits per heavy atom. The summed E-state index contributed by atoms with van der Waals surface area (Å²) in [5.41, 5.74) is 2.02. The van der Waals surface area contributed by atoms with Crippen LogP contribution in [0.4, 0.5) is 0 Å². The second kappa shape index (κ2) is 5.89. The number of aliphatic hydroxyl groups excluding tert-OH is 1. The molecule has 0 fully saturated rings. The Morgan fingerprint density at radius 3 is 3.04 bits per heavy atom. The van der Waals surface area contributed by atoms with Gasteiger partial charge in [-0.1, -0.05) is 12.1 Å². The van der Waals surface area contributed by atoms with Gasteiger partial charge in [0, 0.05) is 0 Å². The maximum absolute atomic E-state index is 10.1. The number of ether oxygens (including phenoxy) is 1. The van der Waals surface area contributed by atoms with E-state index in [9.17, 15) is 5.11 Å². The fourth-order valence-electron chi connectivity index (χ4n) is 2.88. The van der Waals surface area contributed by atoms with Gasteiger partial charge in [0.15, 0.2) is 12.4 Å². The molecular formula is C17H16N2O4. The molecule has 0 spiro atoms. The molecule has 0 radical (unpaired) electrons. The second-order valence-corrected chi connectivity index (χ2v) is 5.50. The molecule has 0 saturated carbocycles. The quantitative estimate of drug-likeness (QED) is 0.796. The first-order valence-corrected chi connectivity index (χ1v) is 7.60. The van der Waals surface area contributed by atoms with E-state index in [0.717, 1.165) is 36.1 Å². The first kappa shape index (κ1) is 14.0. The fraction of sp³-hybridized carbons (Fsp3) is 0.294. The third-order valence-electron chi connectivity index (χ3n) is 3.98. The Labute approximate surface area is 132 Å². The Bertz CT molecular complexity index is 795. The lowest BCUT2D eigenvalue weighted by atomic mass is 9.89. The maximum Gasteiger partial charge on any atom is 0.283 e. The van der Waals surface area contributed by atoms with Crippen molar-refractivity contribution in [1.82, 2.24) is 10.2 Å². The van der Waals surface area contributed by atoms with Gasteiger partial charge in [-0.3, -0.25) is 0 Å². The van der Waals surface area contributed by atoms with E-state index in [2.05, 4.69) is 10.2 Å². The van der Waals surface area contributed by atoms with Crippen LogP contribution in [-0.2, 0) is 13.0 Å². The first-order chi connectivity index (χ1) is 11.3. The van der Waals surface area contributed by atoms with Gasteiger partial charge in [0.2, 0.25) is 0 Å². The fourth-order valence-corrected chi connectivity index (χ4v) is 2.88. The molecule has 23 heavy (non-hydrogen) atoms. The lowest BCUT2D eigenvalue weighted by molar-refractivity contribution is 0.154. The summed E-state index contributed by atoms with van der Waals surface area (Å²) in [7, 11) is 0. The minimum absolute atomic E-state index is 0.181. The number of rotatable bonds is 4. The highest BCUT2D eigenvalue weighted by Crippen LogP contribution is 2.35. The summed E-state index contributed by atoms with van der Waals surface area (Å²) in [6.45, 7) is 0.181. The lowest BCUT2D eigenvalue weighted by Crippen LogP contribution is -2.11. The predicted molar refractivity (Wildman–Crippen MR) is 80.7 cm³/mol. The van der Waals surface area contributed by atoms with Crippen molar-refractivity contribution in [2.75, 3.05) is 0 Å². The second-order valence-electron chi connectivity index (χ2n) is 5.50. The van der Waals surface area contributed by atoms with Crippen LogP contribution in [0, 0.1) is 0 Å². The summed E-state index contributed by atoms with van der Waals surface area (Å²) in [4.78, 5) is 0. The molecule has 4 rings (SSSR count). The molecule has 0 amide bonds. The number of benzene rings is 1. The third-order valence-corrected chi connectivity index (χ3v) is 3.98. The minimum Gasteiger partial charge on any atom is -0.484 e. The normalized spacial score (nSPS) is 17.0. The van der Waals surface area contributed by atoms with E-state index in [1.807, 2.05) is 18.2 Å². The first-order valence-electron chi connectivity index (χ1n) is 7.60. The average molecular weight is 312 g/mol. The van der Waals surface area contributed by atoms with E-state index in [1.165, 1.54) is 0 Å². The molecule has 2 aromatic heterocycles. The molecule has 2 heterocycles. The van der Waals surface area contributed by atoms with Gasteiger partial charge < -0.3 is 18.7 Å². The molecular weight excluding hydrogens is 296 g/mol. The van der Waals surface area contributed by atoms with Gasteiger partial charge >= 0.3 is 0 Å². The number of nitrogens with zero attached hydrogens (tertiary/aromatic N) is 2. The highest BCUT2D eigenvalue weighted by molar-refractivity contribution is 5.43. The van der Waals surface area contributed by atoms with Crippen LogP contribution in [-0.4, -0.2) is 15.3 Å². The minimum atomic E-state index is -0.406. The van der Waals surface area contributed by atoms with Gasteiger partial charge in [0.1, 0.15) is 5.75 Å². The highest BCUT2D eigenvalue weighted by atomic mass is 16.5. The van der Waals surface area contributed by atoms with Crippen molar-refractivity contribution < 1.29 is 18.7 Å². The van der Waals surface area contributed by atoms with Crippen molar-refractivity contribution in [3.63, 3.8) is 0 Å². The van der Waals surface area contributed by atoms with Crippen LogP contribution < -0.4 is 4.74 Å². The summed E-state index contributed by atoms with van der Waals surface area (Å²) in [6.07, 6.45) is 3.81. The molecule has 1 aliphatic carbocycles. The number of fused-ring (bicyclic) bond motifs is 1. The molecule has 1 N–H and O–H groups in total. The molecule has 3 aromatic rings. The summed E-state index contributed by atoms with van der Waals surface area (Å²) >= 11 is 0. The number of hydrogen-bond acceptors (Lipinski definition) is 6. The topological polar surface area (TPSA) is 81.5 Å². The molecule has 1 aliphatic rings. The molecule has 0 bridgehead atoms. The lowest BCUT2D eigenvalue weighted by Gasteiger charge is -2.23. The molecule has 0 unspecified atom stereocenters. The van der Waals surface area contributed by atoms with E-state index in [-0.39, 0.29) is 6.61 Å². The Hall–Kier alpha value is -2.60. The van der Waals surface area contributed by atoms with Crippen LogP contribution in [0.1, 0.15) is 36.0 Å². The van der Waals surface area contributed by atoms with Gasteiger partial charge in [-0.2, -0.15) is 0 Å². The van der Waals surface area contributed by atoms with Crippen molar-refractivity contribution in [2.45, 2.75) is 32.0 Å². The standard InChI is InChI=1S/C17H16N2O4/c20-13-6-1-5-12-11(13)4-2-7-14(12)22-10-16-18-19-17(23-16)15-8-3-9-21-15/h2-4,7-9,13,20H,1,5-6,10H2/t13-/m0/s1. The largest absolute Gasteiger partial charge is 0.484 e. The summed E-state index contributed by atoms with van der Waals surface area (Å²) in [6, 6.07) is 9.27. The summed E-state index contributed by atoms with van der Waals surface area (Å²) in [5, 5.41) is 18.0. The van der Waals surface area contributed by atoms with Gasteiger partial charge in [-0.15, -0.1) is 10.2 Å². The Morgan fingerprint density at radius 2 is 2.17 bits per heavy atom. The number of hydrogen-bond donors (Lipinski definition) is 1. The molecule has 6 heteroatoms. The van der Waals surface area contributed by atoms with Crippen LogP contribution in [0.15, 0.2) is 45.4 Å². The van der Waals surface area contributed by atoms with E-state index in [0.29, 0.717) is 17.5 Å². The zero-order valence-corrected chi connectivity index (χ0v) is 12.4. The molecule has 0 aliphatic heterocycles. The summed E-state index contributed by atoms with van der Waals surface area (Å²) < 4.78 is 16.6. The van der Waals surface area contributed by atoms with Gasteiger partial charge in [0.05, 0.1) is 12.4 Å². The zero-order chi connectivity index (χ0) is 15.6. The Balaban J connectivity index is 1.51. The smallest absolute Gasteiger partial charge is 0.283 e. The number of furan rings is 1. The third kappa shape index (κ3) is 2.73. The summed E-state index contributed by atoms with van der Waals surface area (Å²) in [5.74, 6) is 2.01. The maximum atomic E-state index is 10.1. The van der Waals surface area contributed by atoms with Crippen molar-refractivity contribution in [1.29, 1.82) is 0 Å². The monoisotopic (exact) mass is 312 g/mol. The predicted octanol–water partition coefficient (Wildman–Crippen LogP) is 3.28. The Kier molecular flexibility index (Phi) is 3.59. The molecule has 0 saturated heterocycles. The van der Waals surface area contributed by atoms with E-state index < -0.39 is 6.10 Å². The molecule has 6 nitrogen and oxygen atoms in total. The number of aliphatic hydroxyl groups is 1. The van der Waals surface area contributed by atoms with Gasteiger partial charge in [-0.25, -0.2) is 0 Å². The highest BCUT2D eigenvalue weighted by Gasteiger charge is 2.21. The molecule has 1 aromatic carbocycles. The molecule has 1 atom stereocenters. The van der Waals surface area contributed by atoms with Crippen LogP contribution in [0.25, 0.3) is 11.7 Å². The van der Waals surface area contributed by atoms with E-state index in [1.54, 1.807) is 18.4 Å². The van der Waals surface area contributed by atoms with Gasteiger partial charge in [-0.05, 0) is 48.6 Å². The van der Waals surface area contributed by atoms with Crippen molar-refractivity contribution in [3.8, 4) is 17.4 Å². The van der Waals surface area contributed by atoms with Crippen LogP contribution in [0.2, 0.25) is 0 Å². The van der Waals surface area contributed by atoms with E-state index >= 15 is 0 Å². The average Bonchev–Trinajstić information content (AvgIpc) is 3.25. The van der Waals surface area contributed by atoms with E-state index in [4.69, 9.17) is 13.6 Å². The van der Waals surface area contributed by atoms with Crippen LogP contribution in [0.5, 0.6) is 5.75 Å². The van der Waals surface area contributed by atoms with Crippen LogP contribution in [0.3, 0.4) is 0 Å². The van der Waals surface area contributed by atoms with Crippen molar-refractivity contribution in [2.24, 2.45) is 0 Å².